The molecular formula is C14H13Cl2N3O2S. The summed E-state index contributed by atoms with van der Waals surface area (Å²) in [5.74, 6) is -0.169. The van der Waals surface area contributed by atoms with E-state index in [-0.39, 0.29) is 17.2 Å². The van der Waals surface area contributed by atoms with Gasteiger partial charge in [-0.2, -0.15) is 0 Å². The maximum Gasteiger partial charge on any atom is 0.251 e. The number of benzene rings is 1. The predicted molar refractivity (Wildman–Crippen MR) is 90.1 cm³/mol. The number of rotatable bonds is 5. The van der Waals surface area contributed by atoms with Gasteiger partial charge in [-0.1, -0.05) is 48.0 Å². The fourth-order valence-electron chi connectivity index (χ4n) is 1.65. The van der Waals surface area contributed by atoms with Gasteiger partial charge in [-0.05, 0) is 18.6 Å². The van der Waals surface area contributed by atoms with Crippen LogP contribution in [0.2, 0.25) is 10.0 Å². The third-order valence-corrected chi connectivity index (χ3v) is 4.39. The number of hydrogen-bond donors (Lipinski definition) is 2. The Balaban J connectivity index is 2.00. The van der Waals surface area contributed by atoms with Crippen LogP contribution in [0.3, 0.4) is 0 Å². The van der Waals surface area contributed by atoms with E-state index >= 15 is 0 Å². The average molecular weight is 358 g/mol. The zero-order valence-electron chi connectivity index (χ0n) is 11.7. The van der Waals surface area contributed by atoms with Gasteiger partial charge in [0, 0.05) is 11.8 Å². The Morgan fingerprint density at radius 1 is 1.41 bits per heavy atom. The highest BCUT2D eigenvalue weighted by molar-refractivity contribution is 7.99. The lowest BCUT2D eigenvalue weighted by Crippen LogP contribution is -2.16. The number of halogens is 2. The largest absolute Gasteiger partial charge is 0.324 e. The molecule has 116 valence electrons. The molecule has 2 rings (SSSR count). The van der Waals surface area contributed by atoms with Gasteiger partial charge in [0.05, 0.1) is 21.5 Å². The van der Waals surface area contributed by atoms with E-state index in [1.54, 1.807) is 18.2 Å². The number of amides is 1. The van der Waals surface area contributed by atoms with Crippen molar-refractivity contribution in [2.75, 3.05) is 11.1 Å². The smallest absolute Gasteiger partial charge is 0.251 e. The normalized spacial score (nSPS) is 10.5. The number of carbonyl (C=O) groups is 1. The standard InChI is InChI=1S/C14H13Cl2N3O2S/c1-2-8-6-11(20)19-14(17-8)22-7-12(21)18-10-5-3-4-9(15)13(10)16/h3-6H,2,7H2,1H3,(H,18,21)(H,17,19,20). The molecule has 1 heterocycles. The Morgan fingerprint density at radius 3 is 2.91 bits per heavy atom. The highest BCUT2D eigenvalue weighted by atomic mass is 35.5. The van der Waals surface area contributed by atoms with Gasteiger partial charge in [-0.15, -0.1) is 0 Å². The van der Waals surface area contributed by atoms with Crippen molar-refractivity contribution >= 4 is 46.6 Å². The van der Waals surface area contributed by atoms with E-state index in [1.807, 2.05) is 6.92 Å². The topological polar surface area (TPSA) is 74.8 Å². The van der Waals surface area contributed by atoms with Crippen LogP contribution in [0.5, 0.6) is 0 Å². The first-order valence-corrected chi connectivity index (χ1v) is 8.20. The quantitative estimate of drug-likeness (QED) is 0.635. The van der Waals surface area contributed by atoms with Gasteiger partial charge < -0.3 is 10.3 Å². The first-order valence-electron chi connectivity index (χ1n) is 6.46. The summed E-state index contributed by atoms with van der Waals surface area (Å²) in [5.41, 5.74) is 0.903. The monoisotopic (exact) mass is 357 g/mol. The summed E-state index contributed by atoms with van der Waals surface area (Å²) in [7, 11) is 0. The Hall–Kier alpha value is -1.50. The number of aromatic amines is 1. The number of nitrogens with one attached hydrogen (secondary N) is 2. The van der Waals surface area contributed by atoms with Gasteiger partial charge in [0.2, 0.25) is 5.91 Å². The molecule has 0 aliphatic carbocycles. The summed E-state index contributed by atoms with van der Waals surface area (Å²) >= 11 is 13.0. The molecule has 0 atom stereocenters. The van der Waals surface area contributed by atoms with Crippen molar-refractivity contribution in [3.8, 4) is 0 Å². The van der Waals surface area contributed by atoms with E-state index in [4.69, 9.17) is 23.2 Å². The van der Waals surface area contributed by atoms with Crippen molar-refractivity contribution in [1.82, 2.24) is 9.97 Å². The first-order chi connectivity index (χ1) is 10.5. The molecule has 1 aromatic carbocycles. The van der Waals surface area contributed by atoms with Crippen molar-refractivity contribution in [1.29, 1.82) is 0 Å². The summed E-state index contributed by atoms with van der Waals surface area (Å²) in [6.07, 6.45) is 0.655. The second kappa shape index (κ2) is 7.67. The van der Waals surface area contributed by atoms with Crippen LogP contribution in [-0.2, 0) is 11.2 Å². The van der Waals surface area contributed by atoms with Crippen LogP contribution in [0.15, 0.2) is 34.2 Å². The molecule has 0 aliphatic heterocycles. The van der Waals surface area contributed by atoms with Crippen molar-refractivity contribution in [3.63, 3.8) is 0 Å². The minimum Gasteiger partial charge on any atom is -0.324 e. The van der Waals surface area contributed by atoms with E-state index in [9.17, 15) is 9.59 Å². The zero-order chi connectivity index (χ0) is 16.1. The van der Waals surface area contributed by atoms with E-state index in [2.05, 4.69) is 15.3 Å². The third kappa shape index (κ3) is 4.50. The van der Waals surface area contributed by atoms with E-state index in [0.717, 1.165) is 11.8 Å². The molecule has 8 heteroatoms. The maximum atomic E-state index is 11.9. The van der Waals surface area contributed by atoms with Crippen LogP contribution in [0.25, 0.3) is 0 Å². The second-order valence-electron chi connectivity index (χ2n) is 4.33. The summed E-state index contributed by atoms with van der Waals surface area (Å²) in [5, 5.41) is 3.74. The molecule has 0 unspecified atom stereocenters. The summed E-state index contributed by atoms with van der Waals surface area (Å²) in [4.78, 5) is 30.2. The van der Waals surface area contributed by atoms with Crippen LogP contribution < -0.4 is 10.9 Å². The molecule has 0 aliphatic rings. The van der Waals surface area contributed by atoms with Crippen molar-refractivity contribution in [2.45, 2.75) is 18.5 Å². The highest BCUT2D eigenvalue weighted by Crippen LogP contribution is 2.29. The Kier molecular flexibility index (Phi) is 5.88. The number of thioether (sulfide) groups is 1. The highest BCUT2D eigenvalue weighted by Gasteiger charge is 2.10. The predicted octanol–water partition coefficient (Wildman–Crippen LogP) is 3.37. The molecule has 0 fully saturated rings. The molecule has 0 bridgehead atoms. The number of nitrogens with zero attached hydrogens (tertiary/aromatic N) is 1. The summed E-state index contributed by atoms with van der Waals surface area (Å²) in [6.45, 7) is 1.91. The van der Waals surface area contributed by atoms with Gasteiger partial charge in [-0.3, -0.25) is 9.59 Å². The second-order valence-corrected chi connectivity index (χ2v) is 6.08. The molecule has 0 saturated carbocycles. The van der Waals surface area contributed by atoms with Crippen LogP contribution >= 0.6 is 35.0 Å². The van der Waals surface area contributed by atoms with Crippen LogP contribution in [-0.4, -0.2) is 21.6 Å². The molecule has 0 radical (unpaired) electrons. The molecule has 2 N–H and O–H groups in total. The van der Waals surface area contributed by atoms with Crippen LogP contribution in [0.4, 0.5) is 5.69 Å². The lowest BCUT2D eigenvalue weighted by Gasteiger charge is -2.08. The maximum absolute atomic E-state index is 11.9. The number of carbonyl (C=O) groups excluding carboxylic acids is 1. The lowest BCUT2D eigenvalue weighted by atomic mass is 10.3. The fourth-order valence-corrected chi connectivity index (χ4v) is 2.70. The minimum absolute atomic E-state index is 0.0962. The van der Waals surface area contributed by atoms with Crippen LogP contribution in [0.1, 0.15) is 12.6 Å². The van der Waals surface area contributed by atoms with Gasteiger partial charge in [0.25, 0.3) is 5.56 Å². The molecule has 1 aromatic heterocycles. The van der Waals surface area contributed by atoms with E-state index < -0.39 is 0 Å². The lowest BCUT2D eigenvalue weighted by molar-refractivity contribution is -0.113. The molecule has 0 saturated heterocycles. The van der Waals surface area contributed by atoms with Crippen molar-refractivity contribution in [3.05, 3.63) is 50.4 Å². The van der Waals surface area contributed by atoms with Crippen LogP contribution in [0, 0.1) is 0 Å². The number of hydrogen-bond acceptors (Lipinski definition) is 4. The van der Waals surface area contributed by atoms with E-state index in [0.29, 0.717) is 33.0 Å². The molecule has 0 spiro atoms. The van der Waals surface area contributed by atoms with E-state index in [1.165, 1.54) is 6.07 Å². The average Bonchev–Trinajstić information content (AvgIpc) is 2.49. The van der Waals surface area contributed by atoms with Crippen molar-refractivity contribution < 1.29 is 4.79 Å². The van der Waals surface area contributed by atoms with Gasteiger partial charge in [-0.25, -0.2) is 4.98 Å². The summed E-state index contributed by atoms with van der Waals surface area (Å²) < 4.78 is 0. The van der Waals surface area contributed by atoms with Gasteiger partial charge in [0.1, 0.15) is 0 Å². The number of H-pyrrole nitrogens is 1. The fraction of sp³-hybridized carbons (Fsp3) is 0.214. The first kappa shape index (κ1) is 16.9. The Bertz CT molecular complexity index is 749. The zero-order valence-corrected chi connectivity index (χ0v) is 14.0. The molecule has 5 nitrogen and oxygen atoms in total. The van der Waals surface area contributed by atoms with Gasteiger partial charge in [0.15, 0.2) is 5.16 Å². The van der Waals surface area contributed by atoms with Crippen molar-refractivity contribution in [2.24, 2.45) is 0 Å². The molecule has 2 aromatic rings. The Morgan fingerprint density at radius 2 is 2.18 bits per heavy atom. The minimum atomic E-state index is -0.265. The number of aryl methyl sites for hydroxylation is 1. The number of aromatic nitrogens is 2. The molecule has 1 amide bonds. The molecular weight excluding hydrogens is 345 g/mol. The Labute approximate surface area is 141 Å². The molecule has 22 heavy (non-hydrogen) atoms. The SMILES string of the molecule is CCc1cc(=O)[nH]c(SCC(=O)Nc2cccc(Cl)c2Cl)n1. The summed E-state index contributed by atoms with van der Waals surface area (Å²) in [6, 6.07) is 6.43. The van der Waals surface area contributed by atoms with Gasteiger partial charge >= 0.3 is 0 Å². The third-order valence-electron chi connectivity index (χ3n) is 2.70. The number of anilines is 1.